The zero-order chi connectivity index (χ0) is 26.5. The second-order valence-electron chi connectivity index (χ2n) is 9.63. The fraction of sp³-hybridized carbons (Fsp3) is 0.235. The predicted molar refractivity (Wildman–Crippen MR) is 150 cm³/mol. The van der Waals surface area contributed by atoms with Gasteiger partial charge in [-0.2, -0.15) is 4.39 Å². The molecule has 4 heteroatoms. The summed E-state index contributed by atoms with van der Waals surface area (Å²) in [4.78, 5) is 0. The number of hydrogen-bond acceptors (Lipinski definition) is 2. The lowest BCUT2D eigenvalue weighted by Gasteiger charge is -2.27. The van der Waals surface area contributed by atoms with Crippen LogP contribution >= 0.6 is 0 Å². The summed E-state index contributed by atoms with van der Waals surface area (Å²) < 4.78 is 40.2. The Bertz CT molecular complexity index is 1380. The highest BCUT2D eigenvalue weighted by Gasteiger charge is 2.21. The molecule has 4 aromatic carbocycles. The molecule has 1 aliphatic rings. The number of rotatable bonds is 7. The van der Waals surface area contributed by atoms with Crippen LogP contribution in [0.5, 0.6) is 5.75 Å². The molecule has 194 valence electrons. The van der Waals surface area contributed by atoms with Crippen LogP contribution in [-0.2, 0) is 4.74 Å². The van der Waals surface area contributed by atoms with E-state index in [2.05, 4.69) is 67.6 Å². The highest BCUT2D eigenvalue weighted by Crippen LogP contribution is 2.34. The van der Waals surface area contributed by atoms with Gasteiger partial charge in [-0.1, -0.05) is 84.9 Å². The minimum Gasteiger partial charge on any atom is -0.491 e. The van der Waals surface area contributed by atoms with Gasteiger partial charge in [0.1, 0.15) is 0 Å². The Morgan fingerprint density at radius 1 is 0.737 bits per heavy atom. The molecule has 2 unspecified atom stereocenters. The topological polar surface area (TPSA) is 18.5 Å². The Morgan fingerprint density at radius 3 is 1.79 bits per heavy atom. The van der Waals surface area contributed by atoms with E-state index in [1.54, 1.807) is 13.0 Å². The van der Waals surface area contributed by atoms with Crippen LogP contribution in [0.4, 0.5) is 8.78 Å². The van der Waals surface area contributed by atoms with Crippen molar-refractivity contribution < 1.29 is 18.3 Å². The third-order valence-corrected chi connectivity index (χ3v) is 7.15. The lowest BCUT2D eigenvalue weighted by atomic mass is 9.93. The summed E-state index contributed by atoms with van der Waals surface area (Å²) in [6, 6.07) is 27.6. The van der Waals surface area contributed by atoms with E-state index in [1.165, 1.54) is 11.6 Å². The number of benzene rings is 4. The van der Waals surface area contributed by atoms with Gasteiger partial charge in [-0.25, -0.2) is 4.39 Å². The lowest BCUT2D eigenvalue weighted by molar-refractivity contribution is -0.00524. The van der Waals surface area contributed by atoms with Gasteiger partial charge in [-0.15, -0.1) is 0 Å². The van der Waals surface area contributed by atoms with Crippen LogP contribution in [0.2, 0.25) is 0 Å². The Labute approximate surface area is 223 Å². The Hall–Kier alpha value is -3.76. The summed E-state index contributed by atoms with van der Waals surface area (Å²) in [6.07, 6.45) is 6.72. The zero-order valence-electron chi connectivity index (χ0n) is 21.8. The van der Waals surface area contributed by atoms with Crippen LogP contribution in [0.25, 0.3) is 33.4 Å². The molecular formula is C34H32F2O2. The lowest BCUT2D eigenvalue weighted by Crippen LogP contribution is -2.19. The molecule has 38 heavy (non-hydrogen) atoms. The molecule has 0 amide bonds. The first-order valence-corrected chi connectivity index (χ1v) is 13.2. The molecule has 1 heterocycles. The van der Waals surface area contributed by atoms with Crippen molar-refractivity contribution >= 4 is 0 Å². The second-order valence-corrected chi connectivity index (χ2v) is 9.63. The van der Waals surface area contributed by atoms with Crippen LogP contribution in [-0.4, -0.2) is 13.2 Å². The first kappa shape index (κ1) is 25.9. The van der Waals surface area contributed by atoms with Crippen molar-refractivity contribution in [3.63, 3.8) is 0 Å². The van der Waals surface area contributed by atoms with E-state index < -0.39 is 11.6 Å². The normalized spacial score (nSPS) is 17.6. The third kappa shape index (κ3) is 5.56. The summed E-state index contributed by atoms with van der Waals surface area (Å²) in [7, 11) is 0. The van der Waals surface area contributed by atoms with E-state index in [-0.39, 0.29) is 24.0 Å². The minimum atomic E-state index is -0.957. The average molecular weight is 511 g/mol. The van der Waals surface area contributed by atoms with Gasteiger partial charge in [-0.3, -0.25) is 0 Å². The number of allylic oxidation sites excluding steroid dienone is 1. The Kier molecular flexibility index (Phi) is 8.00. The molecule has 0 spiro atoms. The van der Waals surface area contributed by atoms with E-state index in [9.17, 15) is 8.78 Å². The van der Waals surface area contributed by atoms with Crippen molar-refractivity contribution in [2.24, 2.45) is 5.92 Å². The average Bonchev–Trinajstić information content (AvgIpc) is 2.97. The van der Waals surface area contributed by atoms with Crippen molar-refractivity contribution in [2.75, 3.05) is 13.2 Å². The summed E-state index contributed by atoms with van der Waals surface area (Å²) in [5.41, 5.74) is 6.42. The van der Waals surface area contributed by atoms with E-state index in [4.69, 9.17) is 9.47 Å². The van der Waals surface area contributed by atoms with Gasteiger partial charge in [0.2, 0.25) is 5.82 Å². The Balaban J connectivity index is 1.27. The van der Waals surface area contributed by atoms with Crippen molar-refractivity contribution in [1.82, 2.24) is 0 Å². The molecule has 0 bridgehead atoms. The monoisotopic (exact) mass is 510 g/mol. The predicted octanol–water partition coefficient (Wildman–Crippen LogP) is 9.41. The summed E-state index contributed by atoms with van der Waals surface area (Å²) in [6.45, 7) is 4.86. The summed E-state index contributed by atoms with van der Waals surface area (Å²) >= 11 is 0. The summed E-state index contributed by atoms with van der Waals surface area (Å²) in [5, 5.41) is 0. The summed E-state index contributed by atoms with van der Waals surface area (Å²) in [5.74, 6) is -1.39. The zero-order valence-corrected chi connectivity index (χ0v) is 21.8. The van der Waals surface area contributed by atoms with Crippen LogP contribution in [0.1, 0.15) is 38.4 Å². The molecule has 1 saturated heterocycles. The number of halogens is 2. The second kappa shape index (κ2) is 11.7. The maximum Gasteiger partial charge on any atom is 0.201 e. The van der Waals surface area contributed by atoms with Gasteiger partial charge >= 0.3 is 0 Å². The first-order chi connectivity index (χ1) is 18.6. The first-order valence-electron chi connectivity index (χ1n) is 13.2. The van der Waals surface area contributed by atoms with E-state index in [0.717, 1.165) is 41.7 Å². The van der Waals surface area contributed by atoms with Gasteiger partial charge in [-0.05, 0) is 72.2 Å². The van der Waals surface area contributed by atoms with E-state index >= 15 is 0 Å². The fourth-order valence-corrected chi connectivity index (χ4v) is 5.07. The molecule has 0 N–H and O–H groups in total. The molecule has 0 radical (unpaired) electrons. The molecule has 1 aliphatic heterocycles. The van der Waals surface area contributed by atoms with Crippen LogP contribution in [0.3, 0.4) is 0 Å². The molecule has 0 aliphatic carbocycles. The fourth-order valence-electron chi connectivity index (χ4n) is 5.07. The highest BCUT2D eigenvalue weighted by molar-refractivity contribution is 5.73. The van der Waals surface area contributed by atoms with E-state index in [1.807, 2.05) is 24.3 Å². The van der Waals surface area contributed by atoms with Gasteiger partial charge in [0.25, 0.3) is 0 Å². The largest absolute Gasteiger partial charge is 0.491 e. The van der Waals surface area contributed by atoms with Gasteiger partial charge in [0.15, 0.2) is 11.6 Å². The quantitative estimate of drug-likeness (QED) is 0.231. The van der Waals surface area contributed by atoms with Gasteiger partial charge in [0, 0.05) is 11.5 Å². The molecular weight excluding hydrogens is 478 g/mol. The third-order valence-electron chi connectivity index (χ3n) is 7.15. The highest BCUT2D eigenvalue weighted by atomic mass is 19.2. The minimum absolute atomic E-state index is 0.0689. The molecule has 0 aromatic heterocycles. The molecule has 2 atom stereocenters. The smallest absolute Gasteiger partial charge is 0.201 e. The van der Waals surface area contributed by atoms with Gasteiger partial charge < -0.3 is 9.47 Å². The number of hydrogen-bond donors (Lipinski definition) is 0. The van der Waals surface area contributed by atoms with E-state index in [0.29, 0.717) is 11.5 Å². The van der Waals surface area contributed by atoms with Crippen molar-refractivity contribution in [3.8, 4) is 39.1 Å². The van der Waals surface area contributed by atoms with Crippen molar-refractivity contribution in [2.45, 2.75) is 32.8 Å². The molecule has 1 fully saturated rings. The maximum absolute atomic E-state index is 14.6. The SMILES string of the molecule is C/C=C/C1CCC(c2ccc(-c3ccc(-c4ccc(-c5ccc(OCC)c(F)c5F)cc4)cc3)cc2)OC1. The molecule has 0 saturated carbocycles. The van der Waals surface area contributed by atoms with Crippen molar-refractivity contribution in [3.05, 3.63) is 114 Å². The van der Waals surface area contributed by atoms with Crippen molar-refractivity contribution in [1.29, 1.82) is 0 Å². The molecule has 4 aromatic rings. The van der Waals surface area contributed by atoms with Gasteiger partial charge in [0.05, 0.1) is 19.3 Å². The number of ether oxygens (including phenoxy) is 2. The van der Waals surface area contributed by atoms with Crippen LogP contribution in [0.15, 0.2) is 97.1 Å². The maximum atomic E-state index is 14.6. The van der Waals surface area contributed by atoms with Crippen LogP contribution in [0, 0.1) is 17.6 Å². The Morgan fingerprint density at radius 2 is 1.29 bits per heavy atom. The standard InChI is InChI=1S/C34H32F2O2/c1-3-5-23-6-20-31(38-22-23)29-17-13-27(14-18-29)25-9-7-24(8-10-25)26-11-15-28(16-12-26)30-19-21-32(37-4-2)34(36)33(30)35/h3,5,7-19,21,23,31H,4,6,20,22H2,1-2H3/b5-3+. The molecule has 2 nitrogen and oxygen atoms in total. The molecule has 5 rings (SSSR count). The van der Waals surface area contributed by atoms with Crippen LogP contribution < -0.4 is 4.74 Å².